The van der Waals surface area contributed by atoms with E-state index >= 15 is 0 Å². The third-order valence-corrected chi connectivity index (χ3v) is 5.78. The van der Waals surface area contributed by atoms with Crippen LogP contribution in [0.4, 0.5) is 0 Å². The zero-order valence-corrected chi connectivity index (χ0v) is 12.8. The van der Waals surface area contributed by atoms with Gasteiger partial charge in [-0.3, -0.25) is 0 Å². The zero-order chi connectivity index (χ0) is 13.7. The molecule has 2 N–H and O–H groups in total. The maximum Gasteiger partial charge on any atom is 0.234 e. The first-order valence-corrected chi connectivity index (χ1v) is 8.43. The highest BCUT2D eigenvalue weighted by molar-refractivity contribution is 7.99. The number of nitrogens with two attached hydrogens (primary N) is 1. The van der Waals surface area contributed by atoms with Gasteiger partial charge in [-0.25, -0.2) is 0 Å². The lowest BCUT2D eigenvalue weighted by Gasteiger charge is -2.24. The monoisotopic (exact) mass is 283 g/mol. The Morgan fingerprint density at radius 2 is 2.00 bits per heavy atom. The molecule has 0 aliphatic heterocycles. The molecular weight excluding hydrogens is 258 g/mol. The molecule has 1 aliphatic rings. The average Bonchev–Trinajstić information content (AvgIpc) is 3.11. The minimum absolute atomic E-state index is 0.136. The topological polar surface area (TPSA) is 64.9 Å². The molecule has 2 rings (SSSR count). The molecule has 1 fully saturated rings. The number of nitrogens with zero attached hydrogens (tertiary/aromatic N) is 2. The molecule has 0 bridgehead atoms. The molecule has 1 heterocycles. The van der Waals surface area contributed by atoms with Crippen LogP contribution in [0, 0.1) is 0 Å². The molecule has 4 nitrogen and oxygen atoms in total. The Bertz CT molecular complexity index is 376. The fraction of sp³-hybridized carbons (Fsp3) is 0.857. The van der Waals surface area contributed by atoms with Gasteiger partial charge in [0.15, 0.2) is 5.82 Å². The van der Waals surface area contributed by atoms with Crippen molar-refractivity contribution in [2.75, 3.05) is 6.54 Å². The molecule has 0 saturated heterocycles. The third-order valence-electron chi connectivity index (χ3n) is 4.42. The number of hydrogen-bond donors (Lipinski definition) is 1. The van der Waals surface area contributed by atoms with E-state index < -0.39 is 0 Å². The van der Waals surface area contributed by atoms with Crippen molar-refractivity contribution in [2.24, 2.45) is 5.73 Å². The number of rotatable bonds is 7. The van der Waals surface area contributed by atoms with Crippen LogP contribution in [-0.2, 0) is 11.2 Å². The van der Waals surface area contributed by atoms with E-state index in [4.69, 9.17) is 10.3 Å². The lowest BCUT2D eigenvalue weighted by atomic mass is 9.82. The summed E-state index contributed by atoms with van der Waals surface area (Å²) >= 11 is 1.97. The molecule has 0 radical (unpaired) electrons. The van der Waals surface area contributed by atoms with Gasteiger partial charge in [0.25, 0.3) is 0 Å². The molecule has 1 aliphatic carbocycles. The van der Waals surface area contributed by atoms with Crippen molar-refractivity contribution in [2.45, 2.75) is 68.8 Å². The summed E-state index contributed by atoms with van der Waals surface area (Å²) in [7, 11) is 0. The second-order valence-electron chi connectivity index (χ2n) is 5.42. The van der Waals surface area contributed by atoms with Crippen molar-refractivity contribution in [3.8, 4) is 0 Å². The fourth-order valence-corrected chi connectivity index (χ4v) is 3.87. The van der Waals surface area contributed by atoms with Crippen LogP contribution in [0.15, 0.2) is 4.52 Å². The maximum atomic E-state index is 5.91. The van der Waals surface area contributed by atoms with E-state index in [9.17, 15) is 0 Å². The first-order valence-electron chi connectivity index (χ1n) is 7.39. The molecule has 108 valence electrons. The van der Waals surface area contributed by atoms with Gasteiger partial charge in [0.1, 0.15) is 0 Å². The van der Waals surface area contributed by atoms with Gasteiger partial charge in [0, 0.05) is 11.8 Å². The van der Waals surface area contributed by atoms with E-state index in [0.29, 0.717) is 6.54 Å². The van der Waals surface area contributed by atoms with E-state index in [0.717, 1.165) is 35.6 Å². The highest BCUT2D eigenvalue weighted by Gasteiger charge is 2.33. The maximum absolute atomic E-state index is 5.91. The van der Waals surface area contributed by atoms with Gasteiger partial charge in [-0.2, -0.15) is 16.7 Å². The summed E-state index contributed by atoms with van der Waals surface area (Å²) < 4.78 is 5.46. The summed E-state index contributed by atoms with van der Waals surface area (Å²) in [5.74, 6) is 2.41. The molecule has 0 spiro atoms. The first-order chi connectivity index (χ1) is 9.24. The smallest absolute Gasteiger partial charge is 0.234 e. The van der Waals surface area contributed by atoms with E-state index in [-0.39, 0.29) is 5.41 Å². The summed E-state index contributed by atoms with van der Waals surface area (Å²) in [6.45, 7) is 4.83. The molecule has 1 saturated carbocycles. The predicted octanol–water partition coefficient (Wildman–Crippen LogP) is 3.26. The van der Waals surface area contributed by atoms with Crippen molar-refractivity contribution >= 4 is 11.8 Å². The standard InChI is InChI=1S/C14H25N3OS/c1-3-14(4-2,10-15)13-16-12(17-18-13)9-19-11-7-5-6-8-11/h11H,3-10,15H2,1-2H3. The molecule has 19 heavy (non-hydrogen) atoms. The predicted molar refractivity (Wildman–Crippen MR) is 79.2 cm³/mol. The number of aromatic nitrogens is 2. The molecule has 0 aromatic carbocycles. The molecule has 0 unspecified atom stereocenters. The van der Waals surface area contributed by atoms with Gasteiger partial charge in [-0.05, 0) is 25.7 Å². The Hall–Kier alpha value is -0.550. The van der Waals surface area contributed by atoms with E-state index in [1.165, 1.54) is 25.7 Å². The average molecular weight is 283 g/mol. The van der Waals surface area contributed by atoms with Crippen LogP contribution in [0.3, 0.4) is 0 Å². The summed E-state index contributed by atoms with van der Waals surface area (Å²) in [5, 5.41) is 4.91. The summed E-state index contributed by atoms with van der Waals surface area (Å²) in [5.41, 5.74) is 5.77. The van der Waals surface area contributed by atoms with Crippen LogP contribution >= 0.6 is 11.8 Å². The molecule has 5 heteroatoms. The van der Waals surface area contributed by atoms with Crippen molar-refractivity contribution in [3.63, 3.8) is 0 Å². The summed E-state index contributed by atoms with van der Waals surface area (Å²) in [4.78, 5) is 4.58. The zero-order valence-electron chi connectivity index (χ0n) is 12.0. The van der Waals surface area contributed by atoms with Crippen LogP contribution < -0.4 is 5.73 Å². The van der Waals surface area contributed by atoms with E-state index in [2.05, 4.69) is 24.0 Å². The summed E-state index contributed by atoms with van der Waals surface area (Å²) in [6, 6.07) is 0. The number of hydrogen-bond acceptors (Lipinski definition) is 5. The molecule has 1 aromatic heterocycles. The fourth-order valence-electron chi connectivity index (χ4n) is 2.70. The van der Waals surface area contributed by atoms with Crippen molar-refractivity contribution < 1.29 is 4.52 Å². The Labute approximate surface area is 119 Å². The van der Waals surface area contributed by atoms with Crippen molar-refractivity contribution in [1.29, 1.82) is 0 Å². The summed E-state index contributed by atoms with van der Waals surface area (Å²) in [6.07, 6.45) is 7.31. The minimum atomic E-state index is -0.136. The highest BCUT2D eigenvalue weighted by atomic mass is 32.2. The lowest BCUT2D eigenvalue weighted by Crippen LogP contribution is -2.34. The van der Waals surface area contributed by atoms with E-state index in [1.54, 1.807) is 0 Å². The quantitative estimate of drug-likeness (QED) is 0.832. The largest absolute Gasteiger partial charge is 0.339 e. The third kappa shape index (κ3) is 3.31. The van der Waals surface area contributed by atoms with Crippen LogP contribution in [0.2, 0.25) is 0 Å². The van der Waals surface area contributed by atoms with Crippen LogP contribution in [0.5, 0.6) is 0 Å². The van der Waals surface area contributed by atoms with Crippen molar-refractivity contribution in [3.05, 3.63) is 11.7 Å². The van der Waals surface area contributed by atoms with Gasteiger partial charge in [0.05, 0.1) is 11.2 Å². The van der Waals surface area contributed by atoms with Crippen LogP contribution in [-0.4, -0.2) is 21.9 Å². The second-order valence-corrected chi connectivity index (χ2v) is 6.71. The molecule has 0 atom stereocenters. The Kier molecular flexibility index (Phi) is 5.28. The van der Waals surface area contributed by atoms with Gasteiger partial charge < -0.3 is 10.3 Å². The van der Waals surface area contributed by atoms with Gasteiger partial charge in [-0.1, -0.05) is 31.8 Å². The Morgan fingerprint density at radius 1 is 1.32 bits per heavy atom. The van der Waals surface area contributed by atoms with E-state index in [1.807, 2.05) is 11.8 Å². The minimum Gasteiger partial charge on any atom is -0.339 e. The molecule has 0 amide bonds. The number of thioether (sulfide) groups is 1. The van der Waals surface area contributed by atoms with Gasteiger partial charge in [-0.15, -0.1) is 0 Å². The van der Waals surface area contributed by atoms with Gasteiger partial charge in [0.2, 0.25) is 5.89 Å². The Balaban J connectivity index is 1.97. The first kappa shape index (κ1) is 14.9. The van der Waals surface area contributed by atoms with Crippen molar-refractivity contribution in [1.82, 2.24) is 10.1 Å². The second kappa shape index (κ2) is 6.75. The SMILES string of the molecule is CCC(CC)(CN)c1nc(CSC2CCCC2)no1. The molecule has 1 aromatic rings. The van der Waals surface area contributed by atoms with Gasteiger partial charge >= 0.3 is 0 Å². The van der Waals surface area contributed by atoms with Crippen LogP contribution in [0.1, 0.15) is 64.1 Å². The molecular formula is C14H25N3OS. The van der Waals surface area contributed by atoms with Crippen LogP contribution in [0.25, 0.3) is 0 Å². The Morgan fingerprint density at radius 3 is 2.58 bits per heavy atom. The highest BCUT2D eigenvalue weighted by Crippen LogP contribution is 2.32. The normalized spacial score (nSPS) is 17.2. The lowest BCUT2D eigenvalue weighted by molar-refractivity contribution is 0.266.